The molecule has 6 atom stereocenters. The molecule has 0 radical (unpaired) electrons. The van der Waals surface area contributed by atoms with Crippen LogP contribution in [0.25, 0.3) is 0 Å². The van der Waals surface area contributed by atoms with Crippen LogP contribution in [0.4, 0.5) is 11.4 Å². The van der Waals surface area contributed by atoms with E-state index in [2.05, 4.69) is 37.1 Å². The number of carbonyl (C=O) groups is 3. The third-order valence-electron chi connectivity index (χ3n) is 11.1. The first-order chi connectivity index (χ1) is 23.9. The van der Waals surface area contributed by atoms with Gasteiger partial charge in [-0.25, -0.2) is 0 Å². The first-order valence-electron chi connectivity index (χ1n) is 17.2. The van der Waals surface area contributed by atoms with Gasteiger partial charge in [0, 0.05) is 30.3 Å². The van der Waals surface area contributed by atoms with Crippen LogP contribution in [0.2, 0.25) is 18.6 Å². The number of ether oxygens (including phenoxy) is 2. The van der Waals surface area contributed by atoms with Crippen molar-refractivity contribution < 1.29 is 34.1 Å². The molecule has 0 aliphatic carbocycles. The van der Waals surface area contributed by atoms with Crippen molar-refractivity contribution in [1.82, 2.24) is 4.90 Å². The third kappa shape index (κ3) is 5.95. The Bertz CT molecular complexity index is 1790. The first-order valence-corrected chi connectivity index (χ1v) is 20.3. The van der Waals surface area contributed by atoms with Crippen LogP contribution in [0, 0.1) is 5.92 Å². The van der Waals surface area contributed by atoms with Crippen molar-refractivity contribution in [2.45, 2.75) is 75.7 Å². The molecule has 264 valence electrons. The van der Waals surface area contributed by atoms with Crippen molar-refractivity contribution in [3.8, 4) is 5.75 Å². The number of hydrogen-bond acceptors (Lipinski definition) is 7. The van der Waals surface area contributed by atoms with Gasteiger partial charge >= 0.3 is 0 Å². The molecule has 1 saturated heterocycles. The van der Waals surface area contributed by atoms with E-state index in [1.807, 2.05) is 43.3 Å². The highest BCUT2D eigenvalue weighted by molar-refractivity contribution is 6.91. The molecule has 3 amide bonds. The topological polar surface area (TPSA) is 129 Å². The average molecular weight is 698 g/mol. The predicted octanol–water partition coefficient (Wildman–Crippen LogP) is 4.10. The second-order valence-corrected chi connectivity index (χ2v) is 19.0. The Labute approximate surface area is 294 Å². The number of carbonyl (C=O) groups excluding carboxylic acids is 3. The number of nitrogens with zero attached hydrogens (tertiary/aromatic N) is 2. The molecule has 10 nitrogen and oxygen atoms in total. The zero-order valence-electron chi connectivity index (χ0n) is 29.4. The van der Waals surface area contributed by atoms with Gasteiger partial charge in [0.2, 0.25) is 5.91 Å². The predicted molar refractivity (Wildman–Crippen MR) is 195 cm³/mol. The van der Waals surface area contributed by atoms with Gasteiger partial charge in [-0.15, -0.1) is 6.58 Å². The van der Waals surface area contributed by atoms with Crippen LogP contribution in [0.3, 0.4) is 0 Å². The second kappa shape index (κ2) is 13.8. The number of methoxy groups -OCH3 is 1. The normalized spacial score (nSPS) is 24.9. The fourth-order valence-corrected chi connectivity index (χ4v) is 12.5. The van der Waals surface area contributed by atoms with Gasteiger partial charge in [-0.1, -0.05) is 67.7 Å². The third-order valence-corrected chi connectivity index (χ3v) is 15.4. The quantitative estimate of drug-likeness (QED) is 0.215. The lowest BCUT2D eigenvalue weighted by Crippen LogP contribution is -2.52. The molecule has 11 heteroatoms. The lowest BCUT2D eigenvalue weighted by Gasteiger charge is -2.39. The first kappa shape index (κ1) is 35.5. The number of fused-ring (bicyclic) bond motifs is 3. The van der Waals surface area contributed by atoms with E-state index in [1.54, 1.807) is 41.2 Å². The summed E-state index contributed by atoms with van der Waals surface area (Å²) in [5.74, 6) is -0.571. The van der Waals surface area contributed by atoms with E-state index in [4.69, 9.17) is 9.47 Å². The number of hydrogen-bond donors (Lipinski definition) is 3. The highest BCUT2D eigenvalue weighted by Gasteiger charge is 2.66. The standard InChI is InChI=1S/C39H47N3O7Si/c1-7-18-41-33-17-12-28(40-37(46)25(3)44)20-32(33)39(38(41)47)24(2)36(50(5,6)31-15-13-30(48-4)14-16-31)34(49-39)21-35(45)42-22-27-11-9-8-10-26(27)19-29(42)23-43/h7-17,20,24-25,29,34,36,43-44H,1,18-19,21-23H2,2-6H3,(H,40,46)/t24-,25-,29-,34+,36-,39+/m0/s1. The van der Waals surface area contributed by atoms with Gasteiger partial charge in [0.1, 0.15) is 11.9 Å². The van der Waals surface area contributed by atoms with E-state index >= 15 is 0 Å². The summed E-state index contributed by atoms with van der Waals surface area (Å²) >= 11 is 0. The Morgan fingerprint density at radius 2 is 1.84 bits per heavy atom. The zero-order chi connectivity index (χ0) is 36.0. The molecule has 3 aromatic carbocycles. The molecule has 3 heterocycles. The van der Waals surface area contributed by atoms with Crippen LogP contribution in [-0.2, 0) is 37.7 Å². The number of benzene rings is 3. The second-order valence-electron chi connectivity index (χ2n) is 14.3. The van der Waals surface area contributed by atoms with E-state index in [9.17, 15) is 24.6 Å². The van der Waals surface area contributed by atoms with Crippen molar-refractivity contribution in [2.75, 3.05) is 30.5 Å². The largest absolute Gasteiger partial charge is 0.497 e. The lowest BCUT2D eigenvalue weighted by molar-refractivity contribution is -0.150. The van der Waals surface area contributed by atoms with Gasteiger partial charge in [0.15, 0.2) is 5.60 Å². The maximum atomic E-state index is 14.8. The number of nitrogens with one attached hydrogen (secondary N) is 1. The van der Waals surface area contributed by atoms with E-state index in [0.29, 0.717) is 29.9 Å². The Morgan fingerprint density at radius 3 is 2.48 bits per heavy atom. The number of amides is 3. The van der Waals surface area contributed by atoms with Gasteiger partial charge in [0.05, 0.1) is 46.0 Å². The summed E-state index contributed by atoms with van der Waals surface area (Å²) in [6, 6.07) is 20.9. The number of aliphatic hydroxyl groups is 2. The minimum absolute atomic E-state index is 0.0323. The Kier molecular flexibility index (Phi) is 9.80. The van der Waals surface area contributed by atoms with Crippen LogP contribution in [0.5, 0.6) is 5.75 Å². The fourth-order valence-electron chi connectivity index (χ4n) is 8.48. The Hall–Kier alpha value is -4.29. The molecule has 0 bridgehead atoms. The van der Waals surface area contributed by atoms with E-state index in [-0.39, 0.29) is 48.9 Å². The summed E-state index contributed by atoms with van der Waals surface area (Å²) in [7, 11) is -0.912. The molecule has 1 fully saturated rings. The van der Waals surface area contributed by atoms with Crippen LogP contribution >= 0.6 is 0 Å². The molecule has 1 spiro atoms. The lowest BCUT2D eigenvalue weighted by atomic mass is 9.82. The fraction of sp³-hybridized carbons (Fsp3) is 0.410. The molecular weight excluding hydrogens is 651 g/mol. The van der Waals surface area contributed by atoms with Crippen LogP contribution < -0.4 is 20.1 Å². The Morgan fingerprint density at radius 1 is 1.14 bits per heavy atom. The SMILES string of the molecule is C=CCN1C(=O)[C@]2(O[C@H](CC(=O)N3Cc4ccccc4C[C@H]3CO)[C@@H]([Si](C)(C)c3ccc(OC)cc3)[C@@H]2C)c2cc(NC(=O)[C@H](C)O)ccc21. The summed E-state index contributed by atoms with van der Waals surface area (Å²) in [5.41, 5.74) is 2.24. The van der Waals surface area contributed by atoms with Crippen molar-refractivity contribution in [2.24, 2.45) is 5.92 Å². The maximum absolute atomic E-state index is 14.8. The van der Waals surface area contributed by atoms with Crippen LogP contribution in [0.1, 0.15) is 37.0 Å². The molecular formula is C39H47N3O7Si. The minimum Gasteiger partial charge on any atom is -0.497 e. The highest BCUT2D eigenvalue weighted by atomic mass is 28.3. The molecule has 0 saturated carbocycles. The average Bonchev–Trinajstić information content (AvgIpc) is 3.53. The summed E-state index contributed by atoms with van der Waals surface area (Å²) < 4.78 is 12.6. The zero-order valence-corrected chi connectivity index (χ0v) is 30.4. The molecule has 3 aromatic rings. The van der Waals surface area contributed by atoms with Crippen molar-refractivity contribution in [3.63, 3.8) is 0 Å². The maximum Gasteiger partial charge on any atom is 0.264 e. The van der Waals surface area contributed by atoms with E-state index in [1.165, 1.54) is 6.92 Å². The summed E-state index contributed by atoms with van der Waals surface area (Å²) in [6.07, 6.45) is 0.404. The smallest absolute Gasteiger partial charge is 0.264 e. The minimum atomic E-state index is -2.54. The highest BCUT2D eigenvalue weighted by Crippen LogP contribution is 2.60. The van der Waals surface area contributed by atoms with Crippen molar-refractivity contribution in [1.29, 1.82) is 0 Å². The molecule has 0 unspecified atom stereocenters. The molecule has 3 N–H and O–H groups in total. The van der Waals surface area contributed by atoms with Gasteiger partial charge in [0.25, 0.3) is 11.8 Å². The molecule has 0 aromatic heterocycles. The number of anilines is 2. The number of aliphatic hydroxyl groups excluding tert-OH is 2. The van der Waals surface area contributed by atoms with E-state index in [0.717, 1.165) is 22.1 Å². The van der Waals surface area contributed by atoms with Gasteiger partial charge in [-0.2, -0.15) is 0 Å². The summed E-state index contributed by atoms with van der Waals surface area (Å²) in [5, 5.41) is 24.2. The monoisotopic (exact) mass is 697 g/mol. The van der Waals surface area contributed by atoms with E-state index < -0.39 is 31.8 Å². The van der Waals surface area contributed by atoms with Gasteiger partial charge in [-0.05, 0) is 60.3 Å². The summed E-state index contributed by atoms with van der Waals surface area (Å²) in [4.78, 5) is 45.1. The van der Waals surface area contributed by atoms with Crippen LogP contribution in [0.15, 0.2) is 79.4 Å². The van der Waals surface area contributed by atoms with Crippen molar-refractivity contribution >= 4 is 42.4 Å². The van der Waals surface area contributed by atoms with Gasteiger partial charge in [-0.3, -0.25) is 14.4 Å². The van der Waals surface area contributed by atoms with Gasteiger partial charge < -0.3 is 34.8 Å². The molecule has 3 aliphatic heterocycles. The van der Waals surface area contributed by atoms with Crippen molar-refractivity contribution in [3.05, 3.63) is 96.1 Å². The van der Waals surface area contributed by atoms with Crippen LogP contribution in [-0.4, -0.2) is 79.4 Å². The molecule has 50 heavy (non-hydrogen) atoms. The Balaban J connectivity index is 1.45. The molecule has 3 aliphatic rings. The summed E-state index contributed by atoms with van der Waals surface area (Å²) in [6.45, 7) is 12.3. The number of rotatable bonds is 10. The molecule has 6 rings (SSSR count).